The van der Waals surface area contributed by atoms with Gasteiger partial charge in [-0.2, -0.15) is 0 Å². The molecule has 14 heavy (non-hydrogen) atoms. The van der Waals surface area contributed by atoms with Gasteiger partial charge in [0.15, 0.2) is 0 Å². The Bertz CT molecular complexity index is 197. The van der Waals surface area contributed by atoms with E-state index < -0.39 is 0 Å². The molecule has 1 aliphatic rings. The van der Waals surface area contributed by atoms with Crippen LogP contribution in [-0.2, 0) is 9.53 Å². The minimum Gasteiger partial charge on any atom is -0.459 e. The highest BCUT2D eigenvalue weighted by Crippen LogP contribution is 2.31. The van der Waals surface area contributed by atoms with E-state index in [1.54, 1.807) is 0 Å². The number of carbonyl (C=O) groups excluding carboxylic acids is 1. The number of hydrogen-bond acceptors (Lipinski definition) is 2. The lowest BCUT2D eigenvalue weighted by atomic mass is 9.86. The van der Waals surface area contributed by atoms with Gasteiger partial charge in [0, 0.05) is 0 Å². The van der Waals surface area contributed by atoms with Gasteiger partial charge in [0.25, 0.3) is 0 Å². The van der Waals surface area contributed by atoms with Crippen LogP contribution in [0.15, 0.2) is 0 Å². The molecule has 1 saturated carbocycles. The number of hydrogen-bond donors (Lipinski definition) is 0. The van der Waals surface area contributed by atoms with E-state index in [0.717, 1.165) is 19.3 Å². The fraction of sp³-hybridized carbons (Fsp3) is 0.909. The van der Waals surface area contributed by atoms with Crippen LogP contribution in [0.25, 0.3) is 0 Å². The fourth-order valence-electron chi connectivity index (χ4n) is 1.88. The molecule has 1 rings (SSSR count). The molecule has 0 spiro atoms. The predicted octanol–water partition coefficient (Wildman–Crippen LogP) is 3.47. The zero-order chi connectivity index (χ0) is 10.6. The second kappa shape index (κ2) is 5.33. The van der Waals surface area contributed by atoms with Crippen LogP contribution >= 0.6 is 22.6 Å². The van der Waals surface area contributed by atoms with Crippen molar-refractivity contribution >= 4 is 28.6 Å². The highest BCUT2D eigenvalue weighted by molar-refractivity contribution is 14.1. The minimum absolute atomic E-state index is 0.0198. The Labute approximate surface area is 99.9 Å². The Kier molecular flexibility index (Phi) is 4.67. The van der Waals surface area contributed by atoms with Crippen LogP contribution < -0.4 is 0 Å². The second-order valence-corrected chi connectivity index (χ2v) is 5.81. The second-order valence-electron chi connectivity index (χ2n) is 4.31. The molecule has 1 unspecified atom stereocenters. The number of esters is 1. The molecule has 0 aromatic heterocycles. The van der Waals surface area contributed by atoms with Gasteiger partial charge in [-0.15, -0.1) is 0 Å². The van der Waals surface area contributed by atoms with Gasteiger partial charge in [-0.05, 0) is 39.0 Å². The van der Waals surface area contributed by atoms with E-state index in [1.807, 2.05) is 6.92 Å². The molecular weight excluding hydrogens is 291 g/mol. The van der Waals surface area contributed by atoms with E-state index in [-0.39, 0.29) is 15.5 Å². The third-order valence-corrected chi connectivity index (χ3v) is 4.26. The smallest absolute Gasteiger partial charge is 0.319 e. The van der Waals surface area contributed by atoms with Gasteiger partial charge in [0.1, 0.15) is 9.53 Å². The van der Waals surface area contributed by atoms with Crippen LogP contribution in [0.5, 0.6) is 0 Å². The Balaban J connectivity index is 2.44. The quantitative estimate of drug-likeness (QED) is 0.453. The SMILES string of the molecule is CCC(I)C(=O)OC1(C)CCCCC1. The molecule has 1 atom stereocenters. The topological polar surface area (TPSA) is 26.3 Å². The van der Waals surface area contributed by atoms with E-state index in [4.69, 9.17) is 4.74 Å². The summed E-state index contributed by atoms with van der Waals surface area (Å²) in [5, 5.41) is 0. The van der Waals surface area contributed by atoms with Crippen molar-refractivity contribution in [2.45, 2.75) is 61.9 Å². The van der Waals surface area contributed by atoms with Crippen molar-refractivity contribution in [1.82, 2.24) is 0 Å². The summed E-state index contributed by atoms with van der Waals surface area (Å²) in [6.07, 6.45) is 6.60. The third-order valence-electron chi connectivity index (χ3n) is 2.87. The van der Waals surface area contributed by atoms with E-state index in [9.17, 15) is 4.79 Å². The van der Waals surface area contributed by atoms with Gasteiger partial charge in [0.05, 0.1) is 0 Å². The molecule has 0 aliphatic heterocycles. The van der Waals surface area contributed by atoms with Crippen molar-refractivity contribution in [3.8, 4) is 0 Å². The first-order chi connectivity index (χ1) is 6.57. The van der Waals surface area contributed by atoms with Crippen LogP contribution in [0.3, 0.4) is 0 Å². The zero-order valence-electron chi connectivity index (χ0n) is 9.01. The summed E-state index contributed by atoms with van der Waals surface area (Å²) in [7, 11) is 0. The lowest BCUT2D eigenvalue weighted by Crippen LogP contribution is -2.36. The molecule has 82 valence electrons. The van der Waals surface area contributed by atoms with E-state index >= 15 is 0 Å². The van der Waals surface area contributed by atoms with Gasteiger partial charge in [0.2, 0.25) is 0 Å². The molecular formula is C11H19IO2. The summed E-state index contributed by atoms with van der Waals surface area (Å²) in [5.74, 6) is -0.0301. The van der Waals surface area contributed by atoms with Crippen molar-refractivity contribution in [2.75, 3.05) is 0 Å². The van der Waals surface area contributed by atoms with Gasteiger partial charge in [-0.25, -0.2) is 0 Å². The standard InChI is InChI=1S/C11H19IO2/c1-3-9(12)10(13)14-11(2)7-5-4-6-8-11/h9H,3-8H2,1-2H3. The highest BCUT2D eigenvalue weighted by Gasteiger charge is 2.32. The maximum Gasteiger partial charge on any atom is 0.319 e. The normalized spacial score (nSPS) is 22.8. The molecule has 0 radical (unpaired) electrons. The Hall–Kier alpha value is 0.200. The van der Waals surface area contributed by atoms with Crippen LogP contribution in [0.4, 0.5) is 0 Å². The van der Waals surface area contributed by atoms with Crippen LogP contribution in [0.1, 0.15) is 52.4 Å². The van der Waals surface area contributed by atoms with Gasteiger partial charge in [-0.3, -0.25) is 4.79 Å². The molecule has 0 aromatic rings. The van der Waals surface area contributed by atoms with E-state index in [2.05, 4.69) is 29.5 Å². The van der Waals surface area contributed by atoms with Crippen molar-refractivity contribution < 1.29 is 9.53 Å². The van der Waals surface area contributed by atoms with Gasteiger partial charge >= 0.3 is 5.97 Å². The maximum atomic E-state index is 11.6. The average molecular weight is 310 g/mol. The lowest BCUT2D eigenvalue weighted by molar-refractivity contribution is -0.159. The predicted molar refractivity (Wildman–Crippen MR) is 65.7 cm³/mol. The van der Waals surface area contributed by atoms with Crippen LogP contribution in [0.2, 0.25) is 0 Å². The Morgan fingerprint density at radius 1 is 1.43 bits per heavy atom. The molecule has 0 aromatic carbocycles. The Morgan fingerprint density at radius 3 is 2.50 bits per heavy atom. The van der Waals surface area contributed by atoms with Crippen molar-refractivity contribution in [2.24, 2.45) is 0 Å². The molecule has 0 heterocycles. The molecule has 3 heteroatoms. The number of halogens is 1. The number of alkyl halides is 1. The van der Waals surface area contributed by atoms with Crippen molar-refractivity contribution in [3.63, 3.8) is 0 Å². The fourth-order valence-corrected chi connectivity index (χ4v) is 2.00. The summed E-state index contributed by atoms with van der Waals surface area (Å²) < 4.78 is 5.60. The average Bonchev–Trinajstić information content (AvgIpc) is 2.17. The first-order valence-electron chi connectivity index (χ1n) is 5.44. The number of carbonyl (C=O) groups is 1. The number of rotatable bonds is 3. The lowest BCUT2D eigenvalue weighted by Gasteiger charge is -2.33. The summed E-state index contributed by atoms with van der Waals surface area (Å²) in [4.78, 5) is 11.6. The van der Waals surface area contributed by atoms with Gasteiger partial charge < -0.3 is 4.74 Å². The molecule has 1 aliphatic carbocycles. The summed E-state index contributed by atoms with van der Waals surface area (Å²) >= 11 is 2.16. The van der Waals surface area contributed by atoms with E-state index in [0.29, 0.717) is 0 Å². The molecule has 0 bridgehead atoms. The molecule has 0 amide bonds. The van der Waals surface area contributed by atoms with Crippen molar-refractivity contribution in [3.05, 3.63) is 0 Å². The third kappa shape index (κ3) is 3.41. The minimum atomic E-state index is -0.173. The monoisotopic (exact) mass is 310 g/mol. The number of ether oxygens (including phenoxy) is 1. The summed E-state index contributed by atoms with van der Waals surface area (Å²) in [6.45, 7) is 4.09. The summed E-state index contributed by atoms with van der Waals surface area (Å²) in [5.41, 5.74) is -0.173. The molecule has 1 fully saturated rings. The first-order valence-corrected chi connectivity index (χ1v) is 6.69. The van der Waals surface area contributed by atoms with Crippen molar-refractivity contribution in [1.29, 1.82) is 0 Å². The largest absolute Gasteiger partial charge is 0.459 e. The molecule has 2 nitrogen and oxygen atoms in total. The molecule has 0 N–H and O–H groups in total. The maximum absolute atomic E-state index is 11.6. The zero-order valence-corrected chi connectivity index (χ0v) is 11.2. The van der Waals surface area contributed by atoms with Crippen LogP contribution in [-0.4, -0.2) is 15.5 Å². The molecule has 0 saturated heterocycles. The van der Waals surface area contributed by atoms with Gasteiger partial charge in [-0.1, -0.05) is 35.9 Å². The Morgan fingerprint density at radius 2 is 2.00 bits per heavy atom. The summed E-state index contributed by atoms with van der Waals surface area (Å²) in [6, 6.07) is 0. The van der Waals surface area contributed by atoms with Crippen LogP contribution in [0, 0.1) is 0 Å². The highest BCUT2D eigenvalue weighted by atomic mass is 127. The first kappa shape index (κ1) is 12.3. The van der Waals surface area contributed by atoms with E-state index in [1.165, 1.54) is 19.3 Å².